The van der Waals surface area contributed by atoms with Gasteiger partial charge in [0.15, 0.2) is 5.82 Å². The van der Waals surface area contributed by atoms with Crippen molar-refractivity contribution in [1.29, 1.82) is 0 Å². The van der Waals surface area contributed by atoms with E-state index in [1.165, 1.54) is 0 Å². The van der Waals surface area contributed by atoms with Crippen molar-refractivity contribution >= 4 is 11.6 Å². The Bertz CT molecular complexity index is 966. The molecule has 1 aliphatic rings. The van der Waals surface area contributed by atoms with Crippen molar-refractivity contribution in [3.05, 3.63) is 72.1 Å². The molecule has 28 heavy (non-hydrogen) atoms. The van der Waals surface area contributed by atoms with Crippen LogP contribution in [0.25, 0.3) is 11.4 Å². The molecule has 0 saturated carbocycles. The molecule has 2 aromatic carbocycles. The van der Waals surface area contributed by atoms with Gasteiger partial charge in [-0.1, -0.05) is 30.3 Å². The van der Waals surface area contributed by atoms with Gasteiger partial charge in [0.1, 0.15) is 5.75 Å². The molecule has 1 amide bonds. The van der Waals surface area contributed by atoms with Crippen molar-refractivity contribution in [3.8, 4) is 17.1 Å². The Balaban J connectivity index is 1.44. The molecule has 4 rings (SSSR count). The van der Waals surface area contributed by atoms with Crippen LogP contribution in [0, 0.1) is 6.92 Å². The number of anilines is 1. The third kappa shape index (κ3) is 3.67. The summed E-state index contributed by atoms with van der Waals surface area (Å²) in [5.74, 6) is 0.862. The fraction of sp³-hybridized carbons (Fsp3) is 0.227. The molecule has 6 heteroatoms. The van der Waals surface area contributed by atoms with E-state index in [0.29, 0.717) is 30.2 Å². The van der Waals surface area contributed by atoms with E-state index in [1.54, 1.807) is 18.3 Å². The lowest BCUT2D eigenvalue weighted by atomic mass is 10.1. The Hall–Kier alpha value is -3.41. The summed E-state index contributed by atoms with van der Waals surface area (Å²) in [6.45, 7) is 4.63. The van der Waals surface area contributed by atoms with Crippen LogP contribution in [0.4, 0.5) is 5.69 Å². The number of aromatic hydroxyl groups is 1. The van der Waals surface area contributed by atoms with E-state index in [2.05, 4.69) is 14.9 Å². The predicted molar refractivity (Wildman–Crippen MR) is 108 cm³/mol. The minimum absolute atomic E-state index is 0.0255. The van der Waals surface area contributed by atoms with E-state index < -0.39 is 0 Å². The highest BCUT2D eigenvalue weighted by molar-refractivity contribution is 5.95. The van der Waals surface area contributed by atoms with E-state index in [9.17, 15) is 9.90 Å². The van der Waals surface area contributed by atoms with Crippen LogP contribution in [0.15, 0.2) is 60.8 Å². The van der Waals surface area contributed by atoms with Crippen LogP contribution in [0.1, 0.15) is 16.1 Å². The molecule has 0 atom stereocenters. The molecule has 0 aliphatic carbocycles. The van der Waals surface area contributed by atoms with E-state index in [-0.39, 0.29) is 11.7 Å². The van der Waals surface area contributed by atoms with Crippen molar-refractivity contribution in [2.45, 2.75) is 6.92 Å². The van der Waals surface area contributed by atoms with Gasteiger partial charge >= 0.3 is 0 Å². The van der Waals surface area contributed by atoms with Crippen molar-refractivity contribution in [3.63, 3.8) is 0 Å². The number of nitrogens with zero attached hydrogens (tertiary/aromatic N) is 4. The lowest BCUT2D eigenvalue weighted by molar-refractivity contribution is 0.0745. The lowest BCUT2D eigenvalue weighted by Gasteiger charge is -2.36. The van der Waals surface area contributed by atoms with Gasteiger partial charge in [-0.3, -0.25) is 4.79 Å². The summed E-state index contributed by atoms with van der Waals surface area (Å²) >= 11 is 0. The summed E-state index contributed by atoms with van der Waals surface area (Å²) in [6.07, 6.45) is 1.64. The number of piperazine rings is 1. The van der Waals surface area contributed by atoms with Gasteiger partial charge in [-0.05, 0) is 31.2 Å². The number of hydrogen-bond donors (Lipinski definition) is 1. The molecule has 1 aromatic heterocycles. The lowest BCUT2D eigenvalue weighted by Crippen LogP contribution is -2.49. The second kappa shape index (κ2) is 7.68. The monoisotopic (exact) mass is 374 g/mol. The quantitative estimate of drug-likeness (QED) is 0.763. The van der Waals surface area contributed by atoms with Crippen molar-refractivity contribution in [2.24, 2.45) is 0 Å². The van der Waals surface area contributed by atoms with Gasteiger partial charge in [0.05, 0.1) is 11.3 Å². The number of amides is 1. The standard InChI is InChI=1S/C22H22N4O2/c1-16-20(15-23-21(24-16)17-5-3-2-4-6-17)22(28)26-13-11-25(12-14-26)18-7-9-19(27)10-8-18/h2-10,15,27H,11-14H2,1H3. The average molecular weight is 374 g/mol. The Morgan fingerprint density at radius 3 is 2.29 bits per heavy atom. The molecule has 0 radical (unpaired) electrons. The van der Waals surface area contributed by atoms with Crippen LogP contribution in [0.5, 0.6) is 5.75 Å². The number of aryl methyl sites for hydroxylation is 1. The highest BCUT2D eigenvalue weighted by atomic mass is 16.3. The first-order chi connectivity index (χ1) is 13.6. The second-order valence-electron chi connectivity index (χ2n) is 6.85. The average Bonchev–Trinajstić information content (AvgIpc) is 2.74. The molecule has 142 valence electrons. The number of phenolic OH excluding ortho intramolecular Hbond substituents is 1. The molecule has 1 saturated heterocycles. The molecular formula is C22H22N4O2. The minimum atomic E-state index is -0.0255. The fourth-order valence-electron chi connectivity index (χ4n) is 3.40. The second-order valence-corrected chi connectivity index (χ2v) is 6.85. The van der Waals surface area contributed by atoms with Crippen LogP contribution >= 0.6 is 0 Å². The van der Waals surface area contributed by atoms with Crippen LogP contribution in [0.2, 0.25) is 0 Å². The van der Waals surface area contributed by atoms with Crippen molar-refractivity contribution < 1.29 is 9.90 Å². The molecule has 1 fully saturated rings. The number of benzene rings is 2. The number of carbonyl (C=O) groups is 1. The van der Waals surface area contributed by atoms with E-state index in [1.807, 2.05) is 54.3 Å². The minimum Gasteiger partial charge on any atom is -0.508 e. The first-order valence-electron chi connectivity index (χ1n) is 9.34. The fourth-order valence-corrected chi connectivity index (χ4v) is 3.40. The van der Waals surface area contributed by atoms with Gasteiger partial charge in [-0.25, -0.2) is 9.97 Å². The van der Waals surface area contributed by atoms with Crippen LogP contribution in [-0.4, -0.2) is 52.1 Å². The highest BCUT2D eigenvalue weighted by Gasteiger charge is 2.24. The Morgan fingerprint density at radius 2 is 1.64 bits per heavy atom. The van der Waals surface area contributed by atoms with Crippen LogP contribution in [0.3, 0.4) is 0 Å². The van der Waals surface area contributed by atoms with E-state index in [4.69, 9.17) is 0 Å². The zero-order valence-corrected chi connectivity index (χ0v) is 15.7. The maximum absolute atomic E-state index is 13.0. The Labute approximate surface area is 164 Å². The molecule has 0 bridgehead atoms. The molecule has 2 heterocycles. The van der Waals surface area contributed by atoms with E-state index >= 15 is 0 Å². The van der Waals surface area contributed by atoms with Gasteiger partial charge < -0.3 is 14.9 Å². The summed E-state index contributed by atoms with van der Waals surface area (Å²) in [5.41, 5.74) is 3.24. The first kappa shape index (κ1) is 18.0. The molecule has 3 aromatic rings. The molecule has 1 aliphatic heterocycles. The smallest absolute Gasteiger partial charge is 0.257 e. The number of hydrogen-bond acceptors (Lipinski definition) is 5. The number of aromatic nitrogens is 2. The maximum atomic E-state index is 13.0. The first-order valence-corrected chi connectivity index (χ1v) is 9.34. The number of rotatable bonds is 3. The molecule has 1 N–H and O–H groups in total. The molecule has 0 spiro atoms. The zero-order valence-electron chi connectivity index (χ0n) is 15.7. The van der Waals surface area contributed by atoms with Gasteiger partial charge in [0.2, 0.25) is 0 Å². The number of carbonyl (C=O) groups excluding carboxylic acids is 1. The summed E-state index contributed by atoms with van der Waals surface area (Å²) in [7, 11) is 0. The third-order valence-corrected chi connectivity index (χ3v) is 5.02. The number of phenols is 1. The normalized spacial score (nSPS) is 14.2. The summed E-state index contributed by atoms with van der Waals surface area (Å²) in [4.78, 5) is 26.0. The van der Waals surface area contributed by atoms with Crippen molar-refractivity contribution in [2.75, 3.05) is 31.1 Å². The maximum Gasteiger partial charge on any atom is 0.257 e. The van der Waals surface area contributed by atoms with E-state index in [0.717, 1.165) is 24.3 Å². The third-order valence-electron chi connectivity index (χ3n) is 5.02. The van der Waals surface area contributed by atoms with Crippen LogP contribution in [-0.2, 0) is 0 Å². The van der Waals surface area contributed by atoms with Crippen LogP contribution < -0.4 is 4.90 Å². The van der Waals surface area contributed by atoms with Gasteiger partial charge in [0, 0.05) is 43.6 Å². The zero-order chi connectivity index (χ0) is 19.5. The van der Waals surface area contributed by atoms with Gasteiger partial charge in [-0.15, -0.1) is 0 Å². The molecule has 6 nitrogen and oxygen atoms in total. The Morgan fingerprint density at radius 1 is 0.964 bits per heavy atom. The SMILES string of the molecule is Cc1nc(-c2ccccc2)ncc1C(=O)N1CCN(c2ccc(O)cc2)CC1. The highest BCUT2D eigenvalue weighted by Crippen LogP contribution is 2.21. The summed E-state index contributed by atoms with van der Waals surface area (Å²) in [6, 6.07) is 16.9. The summed E-state index contributed by atoms with van der Waals surface area (Å²) < 4.78 is 0. The molecular weight excluding hydrogens is 352 g/mol. The summed E-state index contributed by atoms with van der Waals surface area (Å²) in [5, 5.41) is 9.43. The van der Waals surface area contributed by atoms with Crippen molar-refractivity contribution in [1.82, 2.24) is 14.9 Å². The topological polar surface area (TPSA) is 69.6 Å². The Kier molecular flexibility index (Phi) is 4.93. The van der Waals surface area contributed by atoms with Gasteiger partial charge in [-0.2, -0.15) is 0 Å². The largest absolute Gasteiger partial charge is 0.508 e. The molecule has 0 unspecified atom stereocenters. The van der Waals surface area contributed by atoms with Gasteiger partial charge in [0.25, 0.3) is 5.91 Å². The predicted octanol–water partition coefficient (Wildman–Crippen LogP) is 3.12.